The van der Waals surface area contributed by atoms with Crippen LogP contribution >= 0.6 is 12.2 Å². The molecule has 1 aromatic rings. The highest BCUT2D eigenvalue weighted by molar-refractivity contribution is 7.80. The quantitative estimate of drug-likeness (QED) is 0.833. The van der Waals surface area contributed by atoms with Gasteiger partial charge in [0.2, 0.25) is 0 Å². The average molecular weight is 275 g/mol. The number of nitrogens with two attached hydrogens (primary N) is 1. The second kappa shape index (κ2) is 4.89. The molecule has 0 spiro atoms. The van der Waals surface area contributed by atoms with E-state index >= 15 is 0 Å². The monoisotopic (exact) mass is 275 g/mol. The first kappa shape index (κ1) is 12.5. The zero-order valence-electron chi connectivity index (χ0n) is 10.7. The fourth-order valence-corrected chi connectivity index (χ4v) is 3.35. The van der Waals surface area contributed by atoms with Crippen LogP contribution in [0.5, 0.6) is 0 Å². The Kier molecular flexibility index (Phi) is 3.22. The van der Waals surface area contributed by atoms with Gasteiger partial charge in [0.1, 0.15) is 10.7 Å². The molecule has 2 unspecified atom stereocenters. The molecule has 0 radical (unpaired) electrons. The highest BCUT2D eigenvalue weighted by atomic mass is 32.1. The van der Waals surface area contributed by atoms with Crippen LogP contribution < -0.4 is 5.73 Å². The first-order valence-corrected chi connectivity index (χ1v) is 7.11. The van der Waals surface area contributed by atoms with Crippen molar-refractivity contribution in [3.8, 4) is 0 Å². The van der Waals surface area contributed by atoms with Crippen LogP contribution in [0.1, 0.15) is 35.3 Å². The van der Waals surface area contributed by atoms with Crippen LogP contribution in [-0.4, -0.2) is 33.9 Å². The summed E-state index contributed by atoms with van der Waals surface area (Å²) < 4.78 is 0. The maximum absolute atomic E-state index is 12.4. The summed E-state index contributed by atoms with van der Waals surface area (Å²) in [7, 11) is 0. The molecular formula is C14H17N3OS. The zero-order chi connectivity index (χ0) is 13.4. The number of thiocarbonyl (C=S) groups is 1. The minimum Gasteiger partial charge on any atom is -0.389 e. The van der Waals surface area contributed by atoms with E-state index in [1.54, 1.807) is 18.3 Å². The number of rotatable bonds is 2. The van der Waals surface area contributed by atoms with Gasteiger partial charge in [0.05, 0.1) is 0 Å². The second-order valence-corrected chi connectivity index (χ2v) is 5.90. The predicted molar refractivity (Wildman–Crippen MR) is 76.9 cm³/mol. The Morgan fingerprint density at radius 3 is 2.53 bits per heavy atom. The van der Waals surface area contributed by atoms with Crippen LogP contribution in [0.3, 0.4) is 0 Å². The summed E-state index contributed by atoms with van der Waals surface area (Å²) in [4.78, 5) is 18.8. The van der Waals surface area contributed by atoms with Crippen molar-refractivity contribution >= 4 is 23.1 Å². The Bertz CT molecular complexity index is 502. The number of carbonyl (C=O) groups is 1. The van der Waals surface area contributed by atoms with E-state index in [2.05, 4.69) is 4.98 Å². The molecule has 2 fully saturated rings. The number of fused-ring (bicyclic) bond motifs is 1. The van der Waals surface area contributed by atoms with Crippen LogP contribution in [0.25, 0.3) is 0 Å². The SMILES string of the molecule is NC(=S)c1ccc(C(=O)N2CC3CCCC3C2)nc1. The summed E-state index contributed by atoms with van der Waals surface area (Å²) in [5.74, 6) is 1.45. The van der Waals surface area contributed by atoms with Gasteiger partial charge in [-0.15, -0.1) is 0 Å². The van der Waals surface area contributed by atoms with Crippen molar-refractivity contribution in [3.63, 3.8) is 0 Å². The van der Waals surface area contributed by atoms with Gasteiger partial charge in [-0.3, -0.25) is 9.78 Å². The molecule has 1 aliphatic heterocycles. The molecule has 0 bridgehead atoms. The molecule has 2 N–H and O–H groups in total. The predicted octanol–water partition coefficient (Wildman–Crippen LogP) is 1.59. The smallest absolute Gasteiger partial charge is 0.272 e. The van der Waals surface area contributed by atoms with Crippen molar-refractivity contribution in [1.29, 1.82) is 0 Å². The van der Waals surface area contributed by atoms with E-state index in [9.17, 15) is 4.79 Å². The van der Waals surface area contributed by atoms with E-state index in [4.69, 9.17) is 18.0 Å². The van der Waals surface area contributed by atoms with Crippen LogP contribution in [0.15, 0.2) is 18.3 Å². The topological polar surface area (TPSA) is 59.2 Å². The van der Waals surface area contributed by atoms with Crippen molar-refractivity contribution in [1.82, 2.24) is 9.88 Å². The lowest BCUT2D eigenvalue weighted by atomic mass is 10.0. The third-order valence-corrected chi connectivity index (χ3v) is 4.52. The maximum Gasteiger partial charge on any atom is 0.272 e. The Labute approximate surface area is 118 Å². The van der Waals surface area contributed by atoms with Gasteiger partial charge in [-0.25, -0.2) is 0 Å². The van der Waals surface area contributed by atoms with Crippen LogP contribution in [0.2, 0.25) is 0 Å². The average Bonchev–Trinajstić information content (AvgIpc) is 2.98. The number of aromatic nitrogens is 1. The van der Waals surface area contributed by atoms with Crippen molar-refractivity contribution in [2.75, 3.05) is 13.1 Å². The van der Waals surface area contributed by atoms with E-state index in [0.717, 1.165) is 13.1 Å². The summed E-state index contributed by atoms with van der Waals surface area (Å²) in [6, 6.07) is 3.48. The molecule has 5 heteroatoms. The van der Waals surface area contributed by atoms with Gasteiger partial charge >= 0.3 is 0 Å². The normalized spacial score (nSPS) is 25.4. The lowest BCUT2D eigenvalue weighted by Crippen LogP contribution is -2.30. The zero-order valence-corrected chi connectivity index (χ0v) is 11.5. The third-order valence-electron chi connectivity index (χ3n) is 4.28. The Morgan fingerprint density at radius 1 is 1.32 bits per heavy atom. The standard InChI is InChI=1S/C14H17N3OS/c15-13(19)9-4-5-12(16-6-9)14(18)17-7-10-2-1-3-11(10)8-17/h4-6,10-11H,1-3,7-8H2,(H2,15,19). The van der Waals surface area contributed by atoms with E-state index < -0.39 is 0 Å². The number of hydrogen-bond acceptors (Lipinski definition) is 3. The van der Waals surface area contributed by atoms with Crippen LogP contribution in [0, 0.1) is 11.8 Å². The molecule has 2 heterocycles. The lowest BCUT2D eigenvalue weighted by molar-refractivity contribution is 0.0775. The third kappa shape index (κ3) is 2.34. The lowest BCUT2D eigenvalue weighted by Gasteiger charge is -2.16. The van der Waals surface area contributed by atoms with Crippen molar-refractivity contribution in [3.05, 3.63) is 29.6 Å². The molecule has 1 aromatic heterocycles. The molecule has 2 aliphatic rings. The number of pyridine rings is 1. The van der Waals surface area contributed by atoms with Gasteiger partial charge in [-0.05, 0) is 36.8 Å². The van der Waals surface area contributed by atoms with Gasteiger partial charge in [0.25, 0.3) is 5.91 Å². The first-order valence-electron chi connectivity index (χ1n) is 6.70. The van der Waals surface area contributed by atoms with E-state index in [0.29, 0.717) is 28.1 Å². The molecule has 1 aliphatic carbocycles. The van der Waals surface area contributed by atoms with Gasteiger partial charge in [0, 0.05) is 24.8 Å². The van der Waals surface area contributed by atoms with Crippen molar-refractivity contribution in [2.45, 2.75) is 19.3 Å². The molecule has 4 nitrogen and oxygen atoms in total. The van der Waals surface area contributed by atoms with Gasteiger partial charge < -0.3 is 10.6 Å². The van der Waals surface area contributed by atoms with Gasteiger partial charge in [0.15, 0.2) is 0 Å². The molecule has 3 rings (SSSR count). The minimum atomic E-state index is 0.0314. The van der Waals surface area contributed by atoms with Gasteiger partial charge in [-0.1, -0.05) is 18.6 Å². The summed E-state index contributed by atoms with van der Waals surface area (Å²) in [5.41, 5.74) is 6.71. The molecule has 2 atom stereocenters. The Morgan fingerprint density at radius 2 is 2.00 bits per heavy atom. The van der Waals surface area contributed by atoms with Crippen LogP contribution in [-0.2, 0) is 0 Å². The molecule has 1 saturated carbocycles. The minimum absolute atomic E-state index is 0.0314. The number of amides is 1. The number of nitrogens with zero attached hydrogens (tertiary/aromatic N) is 2. The highest BCUT2D eigenvalue weighted by Crippen LogP contribution is 2.37. The maximum atomic E-state index is 12.4. The van der Waals surface area contributed by atoms with Gasteiger partial charge in [-0.2, -0.15) is 0 Å². The van der Waals surface area contributed by atoms with E-state index in [1.165, 1.54) is 19.3 Å². The van der Waals surface area contributed by atoms with Crippen molar-refractivity contribution < 1.29 is 4.79 Å². The Hall–Kier alpha value is -1.49. The number of likely N-dealkylation sites (tertiary alicyclic amines) is 1. The molecule has 1 amide bonds. The molecule has 1 saturated heterocycles. The highest BCUT2D eigenvalue weighted by Gasteiger charge is 2.38. The van der Waals surface area contributed by atoms with Crippen molar-refractivity contribution in [2.24, 2.45) is 17.6 Å². The summed E-state index contributed by atoms with van der Waals surface area (Å²) in [6.45, 7) is 1.78. The Balaban J connectivity index is 1.72. The largest absolute Gasteiger partial charge is 0.389 e. The molecule has 100 valence electrons. The van der Waals surface area contributed by atoms with Crippen LogP contribution in [0.4, 0.5) is 0 Å². The molecule has 19 heavy (non-hydrogen) atoms. The second-order valence-electron chi connectivity index (χ2n) is 5.46. The molecule has 0 aromatic carbocycles. The fraction of sp³-hybridized carbons (Fsp3) is 0.500. The van der Waals surface area contributed by atoms with E-state index in [-0.39, 0.29) is 5.91 Å². The summed E-state index contributed by atoms with van der Waals surface area (Å²) in [6.07, 6.45) is 5.43. The first-order chi connectivity index (χ1) is 9.15. The number of carbonyl (C=O) groups excluding carboxylic acids is 1. The fourth-order valence-electron chi connectivity index (χ4n) is 3.23. The summed E-state index contributed by atoms with van der Waals surface area (Å²) >= 11 is 4.87. The molecular weight excluding hydrogens is 258 g/mol. The number of hydrogen-bond donors (Lipinski definition) is 1. The van der Waals surface area contributed by atoms with E-state index in [1.807, 2.05) is 4.90 Å². The summed E-state index contributed by atoms with van der Waals surface area (Å²) in [5, 5.41) is 0.